The lowest BCUT2D eigenvalue weighted by molar-refractivity contribution is 0.192. The molecule has 0 aliphatic heterocycles. The van der Waals surface area contributed by atoms with E-state index in [1.807, 2.05) is 0 Å². The van der Waals surface area contributed by atoms with Crippen LogP contribution >= 0.6 is 0 Å². The third-order valence-electron chi connectivity index (χ3n) is 6.34. The van der Waals surface area contributed by atoms with E-state index in [-0.39, 0.29) is 31.8 Å². The van der Waals surface area contributed by atoms with Gasteiger partial charge in [0.05, 0.1) is 13.2 Å². The lowest BCUT2D eigenvalue weighted by atomic mass is 9.65. The van der Waals surface area contributed by atoms with E-state index in [1.54, 1.807) is 0 Å². The number of hydrogen-bond acceptors (Lipinski definition) is 4. The Balaban J connectivity index is 2.22. The molecule has 0 aromatic heterocycles. The first-order chi connectivity index (χ1) is 14.6. The molecular weight excluding hydrogens is 376 g/mol. The average molecular weight is 413 g/mol. The number of hydrogen-bond donors (Lipinski definition) is 2. The topological polar surface area (TPSA) is 58.9 Å². The Bertz CT molecular complexity index is 747. The van der Waals surface area contributed by atoms with E-state index >= 15 is 0 Å². The Labute approximate surface area is 180 Å². The monoisotopic (exact) mass is 412 g/mol. The molecule has 164 valence electrons. The first-order valence-corrected chi connectivity index (χ1v) is 11.3. The molecule has 0 saturated heterocycles. The summed E-state index contributed by atoms with van der Waals surface area (Å²) < 4.78 is 12.2. The molecule has 0 heterocycles. The van der Waals surface area contributed by atoms with Gasteiger partial charge in [-0.25, -0.2) is 0 Å². The van der Waals surface area contributed by atoms with E-state index in [0.717, 1.165) is 48.3 Å². The minimum absolute atomic E-state index is 0.00389. The predicted molar refractivity (Wildman–Crippen MR) is 121 cm³/mol. The van der Waals surface area contributed by atoms with Gasteiger partial charge in [-0.15, -0.1) is 0 Å². The molecule has 3 rings (SSSR count). The van der Waals surface area contributed by atoms with Gasteiger partial charge in [0.15, 0.2) is 0 Å². The van der Waals surface area contributed by atoms with Crippen LogP contribution in [0, 0.1) is 13.8 Å². The van der Waals surface area contributed by atoms with Crippen molar-refractivity contribution < 1.29 is 19.7 Å². The Hall–Kier alpha value is -2.04. The molecule has 1 saturated carbocycles. The average Bonchev–Trinajstić information content (AvgIpc) is 2.72. The van der Waals surface area contributed by atoms with Crippen LogP contribution in [0.15, 0.2) is 36.4 Å². The molecule has 1 aliphatic rings. The second kappa shape index (κ2) is 10.8. The number of aliphatic hydroxyl groups excluding tert-OH is 2. The molecule has 0 bridgehead atoms. The van der Waals surface area contributed by atoms with Crippen LogP contribution in [-0.2, 0) is 5.41 Å². The molecule has 0 radical (unpaired) electrons. The van der Waals surface area contributed by atoms with Crippen LogP contribution < -0.4 is 9.47 Å². The highest BCUT2D eigenvalue weighted by molar-refractivity contribution is 5.56. The summed E-state index contributed by atoms with van der Waals surface area (Å²) in [5.41, 5.74) is 4.35. The SMILES string of the molecule is Cc1cccc(C2(c3cccc(C)c3OCCO)CCCCCCC2)c1OCCO. The van der Waals surface area contributed by atoms with Crippen molar-refractivity contribution in [2.24, 2.45) is 0 Å². The summed E-state index contributed by atoms with van der Waals surface area (Å²) in [6.07, 6.45) is 8.13. The molecule has 1 fully saturated rings. The molecule has 2 aromatic carbocycles. The summed E-state index contributed by atoms with van der Waals surface area (Å²) in [4.78, 5) is 0. The molecule has 0 spiro atoms. The van der Waals surface area contributed by atoms with E-state index in [9.17, 15) is 10.2 Å². The van der Waals surface area contributed by atoms with Crippen molar-refractivity contribution in [3.8, 4) is 11.5 Å². The predicted octanol–water partition coefficient (Wildman–Crippen LogP) is 5.08. The second-order valence-electron chi connectivity index (χ2n) is 8.40. The van der Waals surface area contributed by atoms with E-state index in [0.29, 0.717) is 0 Å². The lowest BCUT2D eigenvalue weighted by Gasteiger charge is -2.39. The van der Waals surface area contributed by atoms with Crippen LogP contribution in [0.25, 0.3) is 0 Å². The summed E-state index contributed by atoms with van der Waals surface area (Å²) in [5.74, 6) is 1.78. The van der Waals surface area contributed by atoms with Crippen molar-refractivity contribution in [3.05, 3.63) is 58.7 Å². The first kappa shape index (κ1) is 22.6. The van der Waals surface area contributed by atoms with Gasteiger partial charge < -0.3 is 19.7 Å². The first-order valence-electron chi connectivity index (χ1n) is 11.3. The molecule has 0 unspecified atom stereocenters. The van der Waals surface area contributed by atoms with Gasteiger partial charge in [0.25, 0.3) is 0 Å². The number of aliphatic hydroxyl groups is 2. The third kappa shape index (κ3) is 4.81. The number of aryl methyl sites for hydroxylation is 2. The Kier molecular flexibility index (Phi) is 8.17. The maximum Gasteiger partial charge on any atom is 0.126 e. The highest BCUT2D eigenvalue weighted by Gasteiger charge is 2.39. The van der Waals surface area contributed by atoms with E-state index in [1.165, 1.54) is 30.4 Å². The van der Waals surface area contributed by atoms with Crippen LogP contribution in [0.3, 0.4) is 0 Å². The van der Waals surface area contributed by atoms with Gasteiger partial charge in [0.2, 0.25) is 0 Å². The van der Waals surface area contributed by atoms with Crippen LogP contribution in [0.1, 0.15) is 67.2 Å². The minimum atomic E-state index is -0.214. The molecule has 30 heavy (non-hydrogen) atoms. The van der Waals surface area contributed by atoms with Gasteiger partial charge in [-0.1, -0.05) is 68.5 Å². The van der Waals surface area contributed by atoms with Gasteiger partial charge in [0.1, 0.15) is 24.7 Å². The summed E-state index contributed by atoms with van der Waals surface area (Å²) in [6.45, 7) is 4.72. The van der Waals surface area contributed by atoms with Gasteiger partial charge in [-0.2, -0.15) is 0 Å². The van der Waals surface area contributed by atoms with Crippen LogP contribution in [-0.4, -0.2) is 36.6 Å². The quantitative estimate of drug-likeness (QED) is 0.635. The van der Waals surface area contributed by atoms with Gasteiger partial charge in [-0.3, -0.25) is 0 Å². The lowest BCUT2D eigenvalue weighted by Crippen LogP contribution is -2.31. The van der Waals surface area contributed by atoms with Gasteiger partial charge in [-0.05, 0) is 37.8 Å². The van der Waals surface area contributed by atoms with Crippen molar-refractivity contribution in [2.75, 3.05) is 26.4 Å². The van der Waals surface area contributed by atoms with Crippen molar-refractivity contribution in [3.63, 3.8) is 0 Å². The Morgan fingerprint density at radius 3 is 1.57 bits per heavy atom. The smallest absolute Gasteiger partial charge is 0.126 e. The third-order valence-corrected chi connectivity index (χ3v) is 6.34. The molecule has 0 atom stereocenters. The summed E-state index contributed by atoms with van der Waals surface area (Å²) in [7, 11) is 0. The van der Waals surface area contributed by atoms with E-state index in [2.05, 4.69) is 50.2 Å². The fourth-order valence-electron chi connectivity index (χ4n) is 4.93. The number of rotatable bonds is 8. The molecular formula is C26H36O4. The van der Waals surface area contributed by atoms with Crippen molar-refractivity contribution >= 4 is 0 Å². The van der Waals surface area contributed by atoms with E-state index < -0.39 is 0 Å². The number of para-hydroxylation sites is 2. The minimum Gasteiger partial charge on any atom is -0.491 e. The summed E-state index contributed by atoms with van der Waals surface area (Å²) >= 11 is 0. The second-order valence-corrected chi connectivity index (χ2v) is 8.40. The zero-order valence-electron chi connectivity index (χ0n) is 18.5. The zero-order chi connectivity index (χ0) is 21.4. The molecule has 2 aromatic rings. The van der Waals surface area contributed by atoms with Crippen molar-refractivity contribution in [1.82, 2.24) is 0 Å². The maximum atomic E-state index is 9.39. The van der Waals surface area contributed by atoms with Crippen molar-refractivity contribution in [2.45, 2.75) is 64.2 Å². The molecule has 1 aliphatic carbocycles. The summed E-state index contributed by atoms with van der Waals surface area (Å²) in [6, 6.07) is 12.8. The normalized spacial score (nSPS) is 16.5. The molecule has 2 N–H and O–H groups in total. The van der Waals surface area contributed by atoms with Crippen LogP contribution in [0.4, 0.5) is 0 Å². The maximum absolute atomic E-state index is 9.39. The fraction of sp³-hybridized carbons (Fsp3) is 0.538. The summed E-state index contributed by atoms with van der Waals surface area (Å²) in [5, 5.41) is 18.8. The van der Waals surface area contributed by atoms with Gasteiger partial charge >= 0.3 is 0 Å². The largest absolute Gasteiger partial charge is 0.491 e. The molecule has 0 amide bonds. The Morgan fingerprint density at radius 1 is 0.700 bits per heavy atom. The van der Waals surface area contributed by atoms with E-state index in [4.69, 9.17) is 9.47 Å². The van der Waals surface area contributed by atoms with Crippen LogP contribution in [0.5, 0.6) is 11.5 Å². The zero-order valence-corrected chi connectivity index (χ0v) is 18.5. The Morgan fingerprint density at radius 2 is 1.13 bits per heavy atom. The van der Waals surface area contributed by atoms with Crippen LogP contribution in [0.2, 0.25) is 0 Å². The van der Waals surface area contributed by atoms with Gasteiger partial charge in [0, 0.05) is 16.5 Å². The highest BCUT2D eigenvalue weighted by atomic mass is 16.5. The van der Waals surface area contributed by atoms with Crippen molar-refractivity contribution in [1.29, 1.82) is 0 Å². The number of benzene rings is 2. The fourth-order valence-corrected chi connectivity index (χ4v) is 4.93. The standard InChI is InChI=1S/C26H36O4/c1-20-10-8-12-22(24(20)29-18-16-27)26(14-6-4-3-5-7-15-26)23-13-9-11-21(2)25(23)30-19-17-28/h8-13,27-28H,3-7,14-19H2,1-2H3. The molecule has 4 heteroatoms. The highest BCUT2D eigenvalue weighted by Crippen LogP contribution is 2.50. The number of ether oxygens (including phenoxy) is 2. The molecule has 4 nitrogen and oxygen atoms in total.